The molecule has 1 aromatic rings. The normalized spacial score (nSPS) is 12.0. The third-order valence-corrected chi connectivity index (χ3v) is 5.31. The van der Waals surface area contributed by atoms with Crippen LogP contribution in [0.15, 0.2) is 29.2 Å². The van der Waals surface area contributed by atoms with Crippen molar-refractivity contribution in [2.45, 2.75) is 11.8 Å². The lowest BCUT2D eigenvalue weighted by molar-refractivity contribution is 0.576. The van der Waals surface area contributed by atoms with Gasteiger partial charge in [0.05, 0.1) is 16.2 Å². The number of sulfonamides is 2. The Labute approximate surface area is 118 Å². The van der Waals surface area contributed by atoms with Gasteiger partial charge in [0, 0.05) is 13.1 Å². The molecule has 110 valence electrons. The van der Waals surface area contributed by atoms with E-state index >= 15 is 0 Å². The molecule has 0 aliphatic carbocycles. The van der Waals surface area contributed by atoms with Crippen molar-refractivity contribution in [1.82, 2.24) is 9.44 Å². The zero-order valence-corrected chi connectivity index (χ0v) is 12.5. The summed E-state index contributed by atoms with van der Waals surface area (Å²) in [6.07, 6.45) is 0. The maximum Gasteiger partial charge on any atom is 0.241 e. The fraction of sp³-hybridized carbons (Fsp3) is 0.364. The summed E-state index contributed by atoms with van der Waals surface area (Å²) >= 11 is 0. The predicted molar refractivity (Wildman–Crippen MR) is 73.8 cm³/mol. The highest BCUT2D eigenvalue weighted by molar-refractivity contribution is 7.90. The average molecular weight is 317 g/mol. The second-order valence-corrected chi connectivity index (χ2v) is 7.48. The van der Waals surface area contributed by atoms with Crippen LogP contribution in [0.25, 0.3) is 0 Å². The van der Waals surface area contributed by atoms with Crippen LogP contribution in [0.1, 0.15) is 12.5 Å². The van der Waals surface area contributed by atoms with Crippen molar-refractivity contribution in [2.24, 2.45) is 0 Å². The molecular weight excluding hydrogens is 302 g/mol. The molecule has 0 aromatic heterocycles. The van der Waals surface area contributed by atoms with Crippen LogP contribution < -0.4 is 9.44 Å². The number of rotatable bonds is 7. The molecule has 2 N–H and O–H groups in total. The first kappa shape index (κ1) is 16.6. The Morgan fingerprint density at radius 2 is 1.80 bits per heavy atom. The highest BCUT2D eigenvalue weighted by Crippen LogP contribution is 2.13. The fourth-order valence-electron chi connectivity index (χ4n) is 1.47. The molecule has 0 aliphatic heterocycles. The minimum absolute atomic E-state index is 0.00883. The minimum Gasteiger partial charge on any atom is -0.215 e. The lowest BCUT2D eigenvalue weighted by Gasteiger charge is -2.08. The molecule has 9 heteroatoms. The quantitative estimate of drug-likeness (QED) is 0.721. The van der Waals surface area contributed by atoms with E-state index in [2.05, 4.69) is 9.44 Å². The van der Waals surface area contributed by atoms with Crippen molar-refractivity contribution in [3.63, 3.8) is 0 Å². The smallest absolute Gasteiger partial charge is 0.215 e. The van der Waals surface area contributed by atoms with Crippen LogP contribution in [0, 0.1) is 11.3 Å². The first-order chi connectivity index (χ1) is 9.32. The van der Waals surface area contributed by atoms with Crippen molar-refractivity contribution in [1.29, 1.82) is 5.26 Å². The van der Waals surface area contributed by atoms with Gasteiger partial charge in [-0.2, -0.15) is 5.26 Å². The summed E-state index contributed by atoms with van der Waals surface area (Å²) in [4.78, 5) is -0.164. The standard InChI is InChI=1S/C11H15N3O4S2/c1-2-13-19(15,16)8-7-14-20(17,18)11-6-4-3-5-10(11)9-12/h3-6,13-14H,2,7-8H2,1H3. The van der Waals surface area contributed by atoms with Gasteiger partial charge in [-0.05, 0) is 12.1 Å². The van der Waals surface area contributed by atoms with Gasteiger partial charge < -0.3 is 0 Å². The highest BCUT2D eigenvalue weighted by Gasteiger charge is 2.19. The fourth-order valence-corrected chi connectivity index (χ4v) is 3.74. The van der Waals surface area contributed by atoms with Crippen LogP contribution in [0.3, 0.4) is 0 Å². The van der Waals surface area contributed by atoms with Gasteiger partial charge in [0.2, 0.25) is 20.0 Å². The molecule has 20 heavy (non-hydrogen) atoms. The Hall–Kier alpha value is -1.47. The van der Waals surface area contributed by atoms with Crippen LogP contribution in [0.2, 0.25) is 0 Å². The summed E-state index contributed by atoms with van der Waals surface area (Å²) in [5.41, 5.74) is 0.00883. The van der Waals surface area contributed by atoms with Crippen molar-refractivity contribution in [2.75, 3.05) is 18.8 Å². The van der Waals surface area contributed by atoms with Crippen molar-refractivity contribution in [3.8, 4) is 6.07 Å². The van der Waals surface area contributed by atoms with Crippen LogP contribution in [-0.4, -0.2) is 35.7 Å². The van der Waals surface area contributed by atoms with Gasteiger partial charge in [0.25, 0.3) is 0 Å². The van der Waals surface area contributed by atoms with Crippen LogP contribution in [-0.2, 0) is 20.0 Å². The molecule has 0 saturated carbocycles. The van der Waals surface area contributed by atoms with E-state index in [0.29, 0.717) is 0 Å². The molecule has 1 rings (SSSR count). The summed E-state index contributed by atoms with van der Waals surface area (Å²) in [6.45, 7) is 1.61. The molecule has 7 nitrogen and oxygen atoms in total. The molecule has 1 aromatic carbocycles. The number of nitrogens with one attached hydrogen (secondary N) is 2. The molecule has 0 amide bonds. The molecule has 0 bridgehead atoms. The monoisotopic (exact) mass is 317 g/mol. The summed E-state index contributed by atoms with van der Waals surface area (Å²) in [5.74, 6) is -0.366. The van der Waals surface area contributed by atoms with Gasteiger partial charge >= 0.3 is 0 Å². The summed E-state index contributed by atoms with van der Waals surface area (Å²) in [6, 6.07) is 7.49. The molecule has 0 unspecified atom stereocenters. The molecule has 0 radical (unpaired) electrons. The van der Waals surface area contributed by atoms with E-state index in [4.69, 9.17) is 5.26 Å². The molecule has 0 atom stereocenters. The van der Waals surface area contributed by atoms with E-state index in [1.54, 1.807) is 19.1 Å². The molecule has 0 heterocycles. The third kappa shape index (κ3) is 4.57. The Morgan fingerprint density at radius 1 is 1.15 bits per heavy atom. The van der Waals surface area contributed by atoms with Gasteiger partial charge in [-0.1, -0.05) is 19.1 Å². The Bertz CT molecular complexity index is 705. The van der Waals surface area contributed by atoms with E-state index in [-0.39, 0.29) is 29.3 Å². The van der Waals surface area contributed by atoms with Gasteiger partial charge in [-0.3, -0.25) is 0 Å². The topological polar surface area (TPSA) is 116 Å². The zero-order valence-electron chi connectivity index (χ0n) is 10.8. The molecule has 0 aliphatic rings. The van der Waals surface area contributed by atoms with Crippen LogP contribution >= 0.6 is 0 Å². The zero-order chi connectivity index (χ0) is 15.2. The van der Waals surface area contributed by atoms with E-state index < -0.39 is 20.0 Å². The molecule has 0 fully saturated rings. The number of hydrogen-bond acceptors (Lipinski definition) is 5. The van der Waals surface area contributed by atoms with E-state index in [1.807, 2.05) is 0 Å². The molecule has 0 saturated heterocycles. The van der Waals surface area contributed by atoms with Crippen molar-refractivity contribution in [3.05, 3.63) is 29.8 Å². The van der Waals surface area contributed by atoms with E-state index in [0.717, 1.165) is 0 Å². The second kappa shape index (κ2) is 6.81. The minimum atomic E-state index is -3.91. The summed E-state index contributed by atoms with van der Waals surface area (Å²) in [7, 11) is -7.40. The van der Waals surface area contributed by atoms with E-state index in [1.165, 1.54) is 18.2 Å². The highest BCUT2D eigenvalue weighted by atomic mass is 32.2. The lowest BCUT2D eigenvalue weighted by atomic mass is 10.2. The van der Waals surface area contributed by atoms with Crippen LogP contribution in [0.5, 0.6) is 0 Å². The number of nitrogens with zero attached hydrogens (tertiary/aromatic N) is 1. The van der Waals surface area contributed by atoms with E-state index in [9.17, 15) is 16.8 Å². The van der Waals surface area contributed by atoms with Crippen LogP contribution in [0.4, 0.5) is 0 Å². The Morgan fingerprint density at radius 3 is 2.40 bits per heavy atom. The number of benzene rings is 1. The molecular formula is C11H15N3O4S2. The first-order valence-electron chi connectivity index (χ1n) is 5.78. The Kier molecular flexibility index (Phi) is 5.64. The SMILES string of the molecule is CCNS(=O)(=O)CCNS(=O)(=O)c1ccccc1C#N. The first-order valence-corrected chi connectivity index (χ1v) is 8.92. The van der Waals surface area contributed by atoms with Crippen molar-refractivity contribution >= 4 is 20.0 Å². The van der Waals surface area contributed by atoms with Gasteiger partial charge in [-0.25, -0.2) is 26.3 Å². The predicted octanol–water partition coefficient (Wildman–Crippen LogP) is -0.224. The maximum absolute atomic E-state index is 12.0. The largest absolute Gasteiger partial charge is 0.241 e. The maximum atomic E-state index is 12.0. The average Bonchev–Trinajstić information content (AvgIpc) is 2.38. The summed E-state index contributed by atoms with van der Waals surface area (Å²) < 4.78 is 51.1. The lowest BCUT2D eigenvalue weighted by Crippen LogP contribution is -2.34. The molecule has 0 spiro atoms. The van der Waals surface area contributed by atoms with Crippen molar-refractivity contribution < 1.29 is 16.8 Å². The van der Waals surface area contributed by atoms with Gasteiger partial charge in [0.15, 0.2) is 0 Å². The Balaban J connectivity index is 2.80. The number of hydrogen-bond donors (Lipinski definition) is 2. The third-order valence-electron chi connectivity index (χ3n) is 2.32. The number of nitriles is 1. The van der Waals surface area contributed by atoms with Gasteiger partial charge in [0.1, 0.15) is 6.07 Å². The van der Waals surface area contributed by atoms with Gasteiger partial charge in [-0.15, -0.1) is 0 Å². The second-order valence-electron chi connectivity index (χ2n) is 3.82. The summed E-state index contributed by atoms with van der Waals surface area (Å²) in [5, 5.41) is 8.86.